The number of hydrogen-bond acceptors (Lipinski definition) is 3. The van der Waals surface area contributed by atoms with E-state index in [1.54, 1.807) is 6.07 Å². The molecule has 5 nitrogen and oxygen atoms in total. The highest BCUT2D eigenvalue weighted by molar-refractivity contribution is 14.0. The number of hydrogen-bond donors (Lipinski definition) is 2. The molecule has 2 saturated heterocycles. The lowest BCUT2D eigenvalue weighted by molar-refractivity contribution is 0.145. The normalized spacial score (nSPS) is 21.9. The van der Waals surface area contributed by atoms with Crippen LogP contribution in [0.25, 0.3) is 0 Å². The van der Waals surface area contributed by atoms with Crippen molar-refractivity contribution < 1.29 is 9.50 Å². The van der Waals surface area contributed by atoms with E-state index < -0.39 is 0 Å². The van der Waals surface area contributed by atoms with Gasteiger partial charge in [0.1, 0.15) is 5.82 Å². The largest absolute Gasteiger partial charge is 0.393 e. The number of aliphatic imine (C=N–C) groups is 1. The second-order valence-electron chi connectivity index (χ2n) is 9.05. The molecule has 1 aromatic rings. The molecule has 1 aromatic carbocycles. The van der Waals surface area contributed by atoms with Crippen LogP contribution in [0.5, 0.6) is 0 Å². The third kappa shape index (κ3) is 5.39. The van der Waals surface area contributed by atoms with Crippen molar-refractivity contribution in [2.45, 2.75) is 64.5 Å². The van der Waals surface area contributed by atoms with Gasteiger partial charge in [-0.25, -0.2) is 9.38 Å². The second-order valence-corrected chi connectivity index (χ2v) is 9.05. The van der Waals surface area contributed by atoms with E-state index in [0.29, 0.717) is 43.6 Å². The number of likely N-dealkylation sites (tertiary alicyclic amines) is 1. The number of nitrogens with zero attached hydrogens (tertiary/aromatic N) is 3. The van der Waals surface area contributed by atoms with Gasteiger partial charge in [-0.3, -0.25) is 0 Å². The summed E-state index contributed by atoms with van der Waals surface area (Å²) in [6.07, 6.45) is 7.86. The summed E-state index contributed by atoms with van der Waals surface area (Å²) >= 11 is 0. The van der Waals surface area contributed by atoms with Gasteiger partial charge >= 0.3 is 0 Å². The van der Waals surface area contributed by atoms with Crippen molar-refractivity contribution in [1.82, 2.24) is 10.2 Å². The first-order valence-electron chi connectivity index (χ1n) is 11.3. The SMILES string of the molecule is CCNC(=NCc1ccc(N2CCC(O)CC2)c(F)c1)N1CCC2(CCCC2)C1.I. The second kappa shape index (κ2) is 10.5. The van der Waals surface area contributed by atoms with Crippen molar-refractivity contribution in [2.24, 2.45) is 10.4 Å². The molecule has 0 atom stereocenters. The summed E-state index contributed by atoms with van der Waals surface area (Å²) in [4.78, 5) is 9.27. The predicted octanol–water partition coefficient (Wildman–Crippen LogP) is 4.14. The van der Waals surface area contributed by atoms with Gasteiger partial charge in [-0.1, -0.05) is 18.9 Å². The van der Waals surface area contributed by atoms with Crippen LogP contribution >= 0.6 is 24.0 Å². The molecule has 30 heavy (non-hydrogen) atoms. The van der Waals surface area contributed by atoms with Gasteiger partial charge in [0.05, 0.1) is 18.3 Å². The molecule has 2 heterocycles. The van der Waals surface area contributed by atoms with E-state index in [9.17, 15) is 9.50 Å². The lowest BCUT2D eigenvalue weighted by Gasteiger charge is -2.31. The fraction of sp³-hybridized carbons (Fsp3) is 0.696. The smallest absolute Gasteiger partial charge is 0.194 e. The zero-order valence-corrected chi connectivity index (χ0v) is 20.4. The van der Waals surface area contributed by atoms with Crippen LogP contribution in [0.4, 0.5) is 10.1 Å². The molecule has 1 spiro atoms. The molecule has 2 N–H and O–H groups in total. The Morgan fingerprint density at radius 2 is 1.93 bits per heavy atom. The van der Waals surface area contributed by atoms with E-state index in [1.807, 2.05) is 17.0 Å². The van der Waals surface area contributed by atoms with Crippen molar-refractivity contribution in [2.75, 3.05) is 37.6 Å². The van der Waals surface area contributed by atoms with E-state index in [1.165, 1.54) is 32.1 Å². The Bertz CT molecular complexity index is 730. The zero-order valence-electron chi connectivity index (χ0n) is 18.1. The third-order valence-corrected chi connectivity index (χ3v) is 6.97. The highest BCUT2D eigenvalue weighted by Crippen LogP contribution is 2.45. The fourth-order valence-electron chi connectivity index (χ4n) is 5.25. The van der Waals surface area contributed by atoms with Crippen LogP contribution in [0.3, 0.4) is 0 Å². The maximum Gasteiger partial charge on any atom is 0.194 e. The Kier molecular flexibility index (Phi) is 8.24. The lowest BCUT2D eigenvalue weighted by atomic mass is 9.86. The van der Waals surface area contributed by atoms with E-state index in [4.69, 9.17) is 4.99 Å². The average molecular weight is 530 g/mol. The monoisotopic (exact) mass is 530 g/mol. The van der Waals surface area contributed by atoms with Crippen molar-refractivity contribution in [3.05, 3.63) is 29.6 Å². The Labute approximate surface area is 197 Å². The number of piperidine rings is 1. The quantitative estimate of drug-likeness (QED) is 0.349. The first-order valence-corrected chi connectivity index (χ1v) is 11.3. The van der Waals surface area contributed by atoms with Crippen molar-refractivity contribution in [1.29, 1.82) is 0 Å². The summed E-state index contributed by atoms with van der Waals surface area (Å²) in [5.41, 5.74) is 2.04. The number of nitrogens with one attached hydrogen (secondary N) is 1. The van der Waals surface area contributed by atoms with Gasteiger partial charge in [-0.05, 0) is 62.1 Å². The van der Waals surface area contributed by atoms with Gasteiger partial charge in [0.25, 0.3) is 0 Å². The molecule has 4 rings (SSSR count). The Hall–Kier alpha value is -1.09. The van der Waals surface area contributed by atoms with E-state index in [0.717, 1.165) is 31.2 Å². The molecule has 3 fully saturated rings. The number of rotatable bonds is 4. The fourth-order valence-corrected chi connectivity index (χ4v) is 5.25. The molecule has 0 amide bonds. The molecule has 3 aliphatic rings. The molecule has 168 valence electrons. The molecule has 2 aliphatic heterocycles. The molecule has 0 radical (unpaired) electrons. The lowest BCUT2D eigenvalue weighted by Crippen LogP contribution is -2.41. The maximum absolute atomic E-state index is 14.7. The first kappa shape index (κ1) is 23.6. The number of benzene rings is 1. The predicted molar refractivity (Wildman–Crippen MR) is 131 cm³/mol. The van der Waals surface area contributed by atoms with Crippen LogP contribution in [0.15, 0.2) is 23.2 Å². The van der Waals surface area contributed by atoms with E-state index >= 15 is 0 Å². The van der Waals surface area contributed by atoms with Crippen molar-refractivity contribution >= 4 is 35.6 Å². The number of aliphatic hydroxyl groups excluding tert-OH is 1. The van der Waals surface area contributed by atoms with Gasteiger partial charge in [-0.2, -0.15) is 0 Å². The Balaban J connectivity index is 0.00000256. The molecule has 7 heteroatoms. The van der Waals surface area contributed by atoms with Gasteiger partial charge in [0.15, 0.2) is 5.96 Å². The average Bonchev–Trinajstić information content (AvgIpc) is 3.36. The molecule has 1 saturated carbocycles. The molecular formula is C23H36FIN4O. The summed E-state index contributed by atoms with van der Waals surface area (Å²) in [5, 5.41) is 13.1. The van der Waals surface area contributed by atoms with Gasteiger partial charge in [0.2, 0.25) is 0 Å². The third-order valence-electron chi connectivity index (χ3n) is 6.97. The topological polar surface area (TPSA) is 51.1 Å². The summed E-state index contributed by atoms with van der Waals surface area (Å²) < 4.78 is 14.7. The maximum atomic E-state index is 14.7. The summed E-state index contributed by atoms with van der Waals surface area (Å²) in [7, 11) is 0. The Morgan fingerprint density at radius 1 is 1.20 bits per heavy atom. The summed E-state index contributed by atoms with van der Waals surface area (Å²) in [5.74, 6) is 0.774. The minimum Gasteiger partial charge on any atom is -0.393 e. The highest BCUT2D eigenvalue weighted by atomic mass is 127. The van der Waals surface area contributed by atoms with Crippen molar-refractivity contribution in [3.63, 3.8) is 0 Å². The van der Waals surface area contributed by atoms with Crippen LogP contribution < -0.4 is 10.2 Å². The molecular weight excluding hydrogens is 494 g/mol. The summed E-state index contributed by atoms with van der Waals surface area (Å²) in [6, 6.07) is 5.48. The minimum atomic E-state index is -0.249. The number of guanidine groups is 1. The standard InChI is InChI=1S/C23H35FN4O.HI/c1-2-25-22(28-14-11-23(17-28)9-3-4-10-23)26-16-18-5-6-21(20(24)15-18)27-12-7-19(29)8-13-27;/h5-6,15,19,29H,2-4,7-14,16-17H2,1H3,(H,25,26);1H. The van der Waals surface area contributed by atoms with Crippen LogP contribution in [-0.2, 0) is 6.54 Å². The molecule has 0 unspecified atom stereocenters. The highest BCUT2D eigenvalue weighted by Gasteiger charge is 2.41. The number of anilines is 1. The van der Waals surface area contributed by atoms with Crippen molar-refractivity contribution in [3.8, 4) is 0 Å². The minimum absolute atomic E-state index is 0. The van der Waals surface area contributed by atoms with E-state index in [2.05, 4.69) is 17.1 Å². The van der Waals surface area contributed by atoms with E-state index in [-0.39, 0.29) is 35.9 Å². The Morgan fingerprint density at radius 3 is 2.60 bits per heavy atom. The van der Waals surface area contributed by atoms with Crippen LogP contribution in [0, 0.1) is 11.2 Å². The van der Waals surface area contributed by atoms with Crippen LogP contribution in [0.2, 0.25) is 0 Å². The first-order chi connectivity index (χ1) is 14.1. The van der Waals surface area contributed by atoms with Gasteiger partial charge < -0.3 is 20.2 Å². The number of aliphatic hydroxyl groups is 1. The number of halogens is 2. The van der Waals surface area contributed by atoms with Crippen LogP contribution in [0.1, 0.15) is 57.4 Å². The van der Waals surface area contributed by atoms with Gasteiger partial charge in [0, 0.05) is 32.7 Å². The zero-order chi connectivity index (χ0) is 20.3. The molecule has 1 aliphatic carbocycles. The van der Waals surface area contributed by atoms with Crippen LogP contribution in [-0.4, -0.2) is 54.8 Å². The molecule has 0 bridgehead atoms. The van der Waals surface area contributed by atoms with Gasteiger partial charge in [-0.15, -0.1) is 24.0 Å². The molecule has 0 aromatic heterocycles. The summed E-state index contributed by atoms with van der Waals surface area (Å²) in [6.45, 7) is 7.01.